The monoisotopic (exact) mass is 295 g/mol. The van der Waals surface area contributed by atoms with Crippen molar-refractivity contribution < 1.29 is 4.79 Å². The summed E-state index contributed by atoms with van der Waals surface area (Å²) in [4.78, 5) is 18.0. The van der Waals surface area contributed by atoms with Crippen LogP contribution in [0.4, 0.5) is 0 Å². The number of hydrogen-bond acceptors (Lipinski definition) is 4. The minimum Gasteiger partial charge on any atom is -0.319 e. The first-order chi connectivity index (χ1) is 9.41. The molecule has 0 spiro atoms. The summed E-state index contributed by atoms with van der Waals surface area (Å²) in [5.41, 5.74) is 0. The van der Waals surface area contributed by atoms with Crippen LogP contribution in [-0.2, 0) is 4.79 Å². The molecule has 1 aliphatic rings. The third-order valence-electron chi connectivity index (χ3n) is 4.02. The van der Waals surface area contributed by atoms with Gasteiger partial charge in [0.2, 0.25) is 5.91 Å². The summed E-state index contributed by atoms with van der Waals surface area (Å²) in [6, 6.07) is 4.42. The van der Waals surface area contributed by atoms with Crippen molar-refractivity contribution in [2.45, 2.75) is 39.0 Å². The molecule has 1 amide bonds. The van der Waals surface area contributed by atoms with Crippen LogP contribution >= 0.6 is 11.3 Å². The zero-order valence-corrected chi connectivity index (χ0v) is 13.8. The van der Waals surface area contributed by atoms with Crippen LogP contribution in [0, 0.1) is 5.92 Å². The normalized spacial score (nSPS) is 24.9. The van der Waals surface area contributed by atoms with Crippen molar-refractivity contribution in [1.29, 1.82) is 0 Å². The molecule has 1 aromatic rings. The van der Waals surface area contributed by atoms with Crippen molar-refractivity contribution in [3.05, 3.63) is 22.4 Å². The molecule has 3 unspecified atom stereocenters. The van der Waals surface area contributed by atoms with Crippen LogP contribution in [0.5, 0.6) is 0 Å². The first-order valence-corrected chi connectivity index (χ1v) is 8.06. The second kappa shape index (κ2) is 6.24. The van der Waals surface area contributed by atoms with E-state index in [0.717, 1.165) is 6.54 Å². The first-order valence-electron chi connectivity index (χ1n) is 7.18. The number of thiophene rings is 1. The van der Waals surface area contributed by atoms with Gasteiger partial charge in [0.25, 0.3) is 0 Å². The van der Waals surface area contributed by atoms with E-state index in [4.69, 9.17) is 0 Å². The van der Waals surface area contributed by atoms with Crippen LogP contribution in [0.15, 0.2) is 17.5 Å². The van der Waals surface area contributed by atoms with Crippen LogP contribution in [0.3, 0.4) is 0 Å². The highest BCUT2D eigenvalue weighted by atomic mass is 32.1. The number of carbonyl (C=O) groups is 1. The van der Waals surface area contributed by atoms with Gasteiger partial charge in [-0.25, -0.2) is 0 Å². The SMILES string of the molecule is CC(C)C1NC(c2cccs2)N(CC(C)N(C)C)C1=O. The third kappa shape index (κ3) is 3.05. The average Bonchev–Trinajstić information content (AvgIpc) is 2.98. The van der Waals surface area contributed by atoms with E-state index < -0.39 is 0 Å². The largest absolute Gasteiger partial charge is 0.319 e. The van der Waals surface area contributed by atoms with Crippen LogP contribution in [-0.4, -0.2) is 48.4 Å². The van der Waals surface area contributed by atoms with E-state index in [1.165, 1.54) is 4.88 Å². The molecule has 0 saturated carbocycles. The molecule has 20 heavy (non-hydrogen) atoms. The Bertz CT molecular complexity index is 444. The zero-order valence-electron chi connectivity index (χ0n) is 13.0. The lowest BCUT2D eigenvalue weighted by Gasteiger charge is -2.29. The number of nitrogens with zero attached hydrogens (tertiary/aromatic N) is 2. The predicted molar refractivity (Wildman–Crippen MR) is 83.7 cm³/mol. The quantitative estimate of drug-likeness (QED) is 0.904. The fourth-order valence-electron chi connectivity index (χ4n) is 2.44. The van der Waals surface area contributed by atoms with E-state index in [1.54, 1.807) is 11.3 Å². The minimum absolute atomic E-state index is 0.0253. The molecule has 1 N–H and O–H groups in total. The summed E-state index contributed by atoms with van der Waals surface area (Å²) >= 11 is 1.71. The molecule has 5 heteroatoms. The maximum absolute atomic E-state index is 12.7. The molecule has 1 fully saturated rings. The fraction of sp³-hybridized carbons (Fsp3) is 0.667. The van der Waals surface area contributed by atoms with E-state index in [1.807, 2.05) is 11.0 Å². The number of hydrogen-bond donors (Lipinski definition) is 1. The van der Waals surface area contributed by atoms with Crippen molar-refractivity contribution in [2.75, 3.05) is 20.6 Å². The lowest BCUT2D eigenvalue weighted by Crippen LogP contribution is -2.42. The van der Waals surface area contributed by atoms with E-state index >= 15 is 0 Å². The average molecular weight is 295 g/mol. The van der Waals surface area contributed by atoms with Crippen molar-refractivity contribution in [1.82, 2.24) is 15.1 Å². The molecule has 0 aromatic carbocycles. The topological polar surface area (TPSA) is 35.6 Å². The zero-order chi connectivity index (χ0) is 14.9. The van der Waals surface area contributed by atoms with Crippen molar-refractivity contribution >= 4 is 17.2 Å². The summed E-state index contributed by atoms with van der Waals surface area (Å²) in [5.74, 6) is 0.539. The molecule has 1 aromatic heterocycles. The number of amides is 1. The summed E-state index contributed by atoms with van der Waals surface area (Å²) in [7, 11) is 4.11. The second-order valence-electron chi connectivity index (χ2n) is 6.11. The Hall–Kier alpha value is -0.910. The molecular formula is C15H25N3OS. The van der Waals surface area contributed by atoms with E-state index in [9.17, 15) is 4.79 Å². The van der Waals surface area contributed by atoms with Gasteiger partial charge in [-0.05, 0) is 38.4 Å². The highest BCUT2D eigenvalue weighted by Gasteiger charge is 2.41. The maximum atomic E-state index is 12.7. The molecule has 3 atom stereocenters. The Morgan fingerprint density at radius 1 is 1.40 bits per heavy atom. The van der Waals surface area contributed by atoms with Gasteiger partial charge in [0.15, 0.2) is 0 Å². The molecule has 2 rings (SSSR count). The van der Waals surface area contributed by atoms with Crippen LogP contribution in [0.2, 0.25) is 0 Å². The van der Waals surface area contributed by atoms with Gasteiger partial charge in [0.1, 0.15) is 6.17 Å². The number of nitrogens with one attached hydrogen (secondary N) is 1. The number of likely N-dealkylation sites (N-methyl/N-ethyl adjacent to an activating group) is 1. The molecular weight excluding hydrogens is 270 g/mol. The van der Waals surface area contributed by atoms with Crippen molar-refractivity contribution in [3.8, 4) is 0 Å². The van der Waals surface area contributed by atoms with E-state index in [2.05, 4.69) is 56.5 Å². The number of rotatable bonds is 5. The third-order valence-corrected chi connectivity index (χ3v) is 4.94. The van der Waals surface area contributed by atoms with Gasteiger partial charge in [-0.3, -0.25) is 10.1 Å². The summed E-state index contributed by atoms with van der Waals surface area (Å²) in [5, 5.41) is 5.57. The van der Waals surface area contributed by atoms with Crippen LogP contribution < -0.4 is 5.32 Å². The summed E-state index contributed by atoms with van der Waals surface area (Å²) in [6.07, 6.45) is 0.0253. The van der Waals surface area contributed by atoms with Crippen LogP contribution in [0.25, 0.3) is 0 Å². The van der Waals surface area contributed by atoms with Gasteiger partial charge < -0.3 is 9.80 Å². The fourth-order valence-corrected chi connectivity index (χ4v) is 3.24. The lowest BCUT2D eigenvalue weighted by atomic mass is 10.0. The summed E-state index contributed by atoms with van der Waals surface area (Å²) < 4.78 is 0. The molecule has 4 nitrogen and oxygen atoms in total. The van der Waals surface area contributed by atoms with Crippen molar-refractivity contribution in [2.24, 2.45) is 5.92 Å². The predicted octanol–water partition coefficient (Wildman–Crippen LogP) is 2.15. The maximum Gasteiger partial charge on any atom is 0.241 e. The van der Waals surface area contributed by atoms with Crippen LogP contribution in [0.1, 0.15) is 31.8 Å². The summed E-state index contributed by atoms with van der Waals surface area (Å²) in [6.45, 7) is 7.10. The molecule has 0 bridgehead atoms. The lowest BCUT2D eigenvalue weighted by molar-refractivity contribution is -0.131. The highest BCUT2D eigenvalue weighted by molar-refractivity contribution is 7.10. The highest BCUT2D eigenvalue weighted by Crippen LogP contribution is 2.30. The van der Waals surface area contributed by atoms with Gasteiger partial charge in [0, 0.05) is 17.5 Å². The molecule has 0 aliphatic carbocycles. The smallest absolute Gasteiger partial charge is 0.241 e. The standard InChI is InChI=1S/C15H25N3OS/c1-10(2)13-15(19)18(9-11(3)17(4)5)14(16-13)12-7-6-8-20-12/h6-8,10-11,13-14,16H,9H2,1-5H3. The molecule has 1 saturated heterocycles. The molecule has 112 valence electrons. The number of carbonyl (C=O) groups excluding carboxylic acids is 1. The first kappa shape index (κ1) is 15.5. The van der Waals surface area contributed by atoms with Gasteiger partial charge in [-0.2, -0.15) is 0 Å². The minimum atomic E-state index is -0.0727. The Labute approximate surface area is 125 Å². The van der Waals surface area contributed by atoms with Crippen molar-refractivity contribution in [3.63, 3.8) is 0 Å². The van der Waals surface area contributed by atoms with Gasteiger partial charge in [0.05, 0.1) is 6.04 Å². The Balaban J connectivity index is 2.21. The Kier molecular flexibility index (Phi) is 4.83. The molecule has 0 radical (unpaired) electrons. The van der Waals surface area contributed by atoms with E-state index in [-0.39, 0.29) is 18.1 Å². The van der Waals surface area contributed by atoms with E-state index in [0.29, 0.717) is 12.0 Å². The Morgan fingerprint density at radius 2 is 2.10 bits per heavy atom. The van der Waals surface area contributed by atoms with Gasteiger partial charge in [-0.15, -0.1) is 11.3 Å². The van der Waals surface area contributed by atoms with Gasteiger partial charge in [-0.1, -0.05) is 19.9 Å². The Morgan fingerprint density at radius 3 is 2.60 bits per heavy atom. The molecule has 2 heterocycles. The van der Waals surface area contributed by atoms with Gasteiger partial charge >= 0.3 is 0 Å². The molecule has 1 aliphatic heterocycles. The second-order valence-corrected chi connectivity index (χ2v) is 7.09.